The van der Waals surface area contributed by atoms with Gasteiger partial charge in [-0.3, -0.25) is 9.59 Å². The van der Waals surface area contributed by atoms with E-state index in [4.69, 9.17) is 5.26 Å². The van der Waals surface area contributed by atoms with Gasteiger partial charge in [0.15, 0.2) is 0 Å². The van der Waals surface area contributed by atoms with E-state index in [1.807, 2.05) is 0 Å². The van der Waals surface area contributed by atoms with Crippen LogP contribution in [0.4, 0.5) is 5.69 Å². The third kappa shape index (κ3) is 5.17. The largest absolute Gasteiger partial charge is 0.468 e. The molecule has 0 heterocycles. The van der Waals surface area contributed by atoms with Crippen molar-refractivity contribution in [3.05, 3.63) is 41.6 Å². The van der Waals surface area contributed by atoms with Gasteiger partial charge in [-0.25, -0.2) is 4.79 Å². The number of nitrogens with zero attached hydrogens (tertiary/aromatic N) is 1. The Morgan fingerprint density at radius 1 is 1.22 bits per heavy atom. The van der Waals surface area contributed by atoms with Crippen LogP contribution in [0.5, 0.6) is 0 Å². The number of amides is 1. The summed E-state index contributed by atoms with van der Waals surface area (Å²) in [5.74, 6) is -1.90. The minimum absolute atomic E-state index is 0.156. The molecule has 0 atom stereocenters. The fourth-order valence-corrected chi connectivity index (χ4v) is 1.53. The minimum atomic E-state index is -0.735. The van der Waals surface area contributed by atoms with Gasteiger partial charge in [0.2, 0.25) is 0 Å². The summed E-state index contributed by atoms with van der Waals surface area (Å²) in [6.07, 6.45) is 1.09. The average molecular weight is 317 g/mol. The van der Waals surface area contributed by atoms with E-state index in [0.29, 0.717) is 0 Å². The van der Waals surface area contributed by atoms with Gasteiger partial charge in [0.05, 0.1) is 25.5 Å². The van der Waals surface area contributed by atoms with Gasteiger partial charge in [-0.05, 0) is 12.1 Å². The van der Waals surface area contributed by atoms with Crippen molar-refractivity contribution in [2.24, 2.45) is 0 Å². The van der Waals surface area contributed by atoms with Crippen LogP contribution in [0.15, 0.2) is 36.0 Å². The molecular weight excluding hydrogens is 302 g/mol. The second kappa shape index (κ2) is 8.84. The Morgan fingerprint density at radius 3 is 2.52 bits per heavy atom. The second-order valence-corrected chi connectivity index (χ2v) is 4.12. The Hall–Kier alpha value is -3.34. The molecule has 1 aromatic rings. The SMILES string of the molecule is COC(=O)CN/C=C(/C#N)C(=O)Nc1ccccc1C(=O)OC. The molecule has 0 spiro atoms. The van der Waals surface area contributed by atoms with E-state index in [0.717, 1.165) is 6.20 Å². The zero-order valence-corrected chi connectivity index (χ0v) is 12.6. The van der Waals surface area contributed by atoms with Crippen LogP contribution in [0.3, 0.4) is 0 Å². The number of para-hydroxylation sites is 1. The number of hydrogen-bond donors (Lipinski definition) is 2. The lowest BCUT2D eigenvalue weighted by Gasteiger charge is -2.09. The summed E-state index contributed by atoms with van der Waals surface area (Å²) >= 11 is 0. The van der Waals surface area contributed by atoms with Gasteiger partial charge >= 0.3 is 11.9 Å². The number of methoxy groups -OCH3 is 2. The highest BCUT2D eigenvalue weighted by molar-refractivity contribution is 6.09. The molecule has 0 aromatic heterocycles. The van der Waals surface area contributed by atoms with Gasteiger partial charge in [0.25, 0.3) is 5.91 Å². The van der Waals surface area contributed by atoms with Crippen LogP contribution in [0.2, 0.25) is 0 Å². The van der Waals surface area contributed by atoms with Crippen molar-refractivity contribution in [2.45, 2.75) is 0 Å². The van der Waals surface area contributed by atoms with Crippen LogP contribution in [-0.2, 0) is 19.1 Å². The summed E-state index contributed by atoms with van der Waals surface area (Å²) in [5.41, 5.74) is 0.0928. The van der Waals surface area contributed by atoms with Gasteiger partial charge < -0.3 is 20.1 Å². The first-order valence-corrected chi connectivity index (χ1v) is 6.42. The van der Waals surface area contributed by atoms with Gasteiger partial charge in [0.1, 0.15) is 18.2 Å². The van der Waals surface area contributed by atoms with E-state index < -0.39 is 17.8 Å². The Balaban J connectivity index is 2.85. The van der Waals surface area contributed by atoms with E-state index >= 15 is 0 Å². The number of esters is 2. The van der Waals surface area contributed by atoms with E-state index in [-0.39, 0.29) is 23.4 Å². The third-order valence-corrected chi connectivity index (χ3v) is 2.67. The standard InChI is InChI=1S/C15H15N3O5/c1-22-13(19)9-17-8-10(7-16)14(20)18-12-6-4-3-5-11(12)15(21)23-2/h3-6,8,17H,9H2,1-2H3,(H,18,20)/b10-8-. The number of ether oxygens (including phenoxy) is 2. The van der Waals surface area contributed by atoms with Crippen molar-refractivity contribution in [3.63, 3.8) is 0 Å². The molecule has 0 saturated heterocycles. The summed E-state index contributed by atoms with van der Waals surface area (Å²) in [6, 6.07) is 7.91. The van der Waals surface area contributed by atoms with E-state index in [9.17, 15) is 14.4 Å². The first-order chi connectivity index (χ1) is 11.0. The lowest BCUT2D eigenvalue weighted by molar-refractivity contribution is -0.139. The number of anilines is 1. The van der Waals surface area contributed by atoms with Crippen molar-refractivity contribution in [2.75, 3.05) is 26.1 Å². The van der Waals surface area contributed by atoms with Crippen molar-refractivity contribution < 1.29 is 23.9 Å². The molecule has 0 aliphatic heterocycles. The van der Waals surface area contributed by atoms with Gasteiger partial charge in [0, 0.05) is 6.20 Å². The highest BCUT2D eigenvalue weighted by Crippen LogP contribution is 2.16. The highest BCUT2D eigenvalue weighted by Gasteiger charge is 2.15. The lowest BCUT2D eigenvalue weighted by atomic mass is 10.1. The Bertz CT molecular complexity index is 676. The van der Waals surface area contributed by atoms with Crippen LogP contribution in [0.25, 0.3) is 0 Å². The molecule has 2 N–H and O–H groups in total. The summed E-state index contributed by atoms with van der Waals surface area (Å²) in [4.78, 5) is 34.6. The number of carbonyl (C=O) groups excluding carboxylic acids is 3. The zero-order valence-electron chi connectivity index (χ0n) is 12.6. The number of carbonyl (C=O) groups is 3. The fourth-order valence-electron chi connectivity index (χ4n) is 1.53. The quantitative estimate of drug-likeness (QED) is 0.447. The number of nitrogens with one attached hydrogen (secondary N) is 2. The number of benzene rings is 1. The molecule has 1 aromatic carbocycles. The Kier molecular flexibility index (Phi) is 6.81. The molecular formula is C15H15N3O5. The molecule has 0 fully saturated rings. The molecule has 0 aliphatic rings. The fraction of sp³-hybridized carbons (Fsp3) is 0.200. The Morgan fingerprint density at radius 2 is 1.91 bits per heavy atom. The lowest BCUT2D eigenvalue weighted by Crippen LogP contribution is -2.22. The van der Waals surface area contributed by atoms with Crippen molar-refractivity contribution in [1.82, 2.24) is 5.32 Å². The smallest absolute Gasteiger partial charge is 0.339 e. The molecule has 0 bridgehead atoms. The molecule has 0 aliphatic carbocycles. The maximum absolute atomic E-state index is 12.0. The number of hydrogen-bond acceptors (Lipinski definition) is 7. The Labute approximate surface area is 132 Å². The molecule has 0 saturated carbocycles. The third-order valence-electron chi connectivity index (χ3n) is 2.67. The number of nitriles is 1. The molecule has 0 radical (unpaired) electrons. The number of rotatable bonds is 6. The van der Waals surface area contributed by atoms with E-state index in [2.05, 4.69) is 20.1 Å². The first kappa shape index (κ1) is 17.7. The first-order valence-electron chi connectivity index (χ1n) is 6.42. The highest BCUT2D eigenvalue weighted by atomic mass is 16.5. The maximum atomic E-state index is 12.0. The average Bonchev–Trinajstić information content (AvgIpc) is 2.58. The van der Waals surface area contributed by atoms with Crippen LogP contribution in [-0.4, -0.2) is 38.6 Å². The summed E-state index contributed by atoms with van der Waals surface area (Å²) in [7, 11) is 2.44. The molecule has 8 nitrogen and oxygen atoms in total. The summed E-state index contributed by atoms with van der Waals surface area (Å²) in [6.45, 7) is -0.187. The summed E-state index contributed by atoms with van der Waals surface area (Å²) in [5, 5.41) is 13.9. The molecule has 1 amide bonds. The van der Waals surface area contributed by atoms with Crippen molar-refractivity contribution >= 4 is 23.5 Å². The molecule has 120 valence electrons. The van der Waals surface area contributed by atoms with E-state index in [1.165, 1.54) is 26.4 Å². The minimum Gasteiger partial charge on any atom is -0.468 e. The van der Waals surface area contributed by atoms with Gasteiger partial charge in [-0.2, -0.15) is 5.26 Å². The van der Waals surface area contributed by atoms with Crippen LogP contribution in [0.1, 0.15) is 10.4 Å². The monoisotopic (exact) mass is 317 g/mol. The molecule has 23 heavy (non-hydrogen) atoms. The van der Waals surface area contributed by atoms with Crippen LogP contribution < -0.4 is 10.6 Å². The summed E-state index contributed by atoms with van der Waals surface area (Å²) < 4.78 is 9.03. The molecule has 8 heteroatoms. The van der Waals surface area contributed by atoms with E-state index in [1.54, 1.807) is 18.2 Å². The maximum Gasteiger partial charge on any atom is 0.339 e. The zero-order chi connectivity index (χ0) is 17.2. The topological polar surface area (TPSA) is 118 Å². The molecule has 1 rings (SSSR count). The predicted molar refractivity (Wildman–Crippen MR) is 80.1 cm³/mol. The van der Waals surface area contributed by atoms with Crippen LogP contribution >= 0.6 is 0 Å². The second-order valence-electron chi connectivity index (χ2n) is 4.12. The van der Waals surface area contributed by atoms with Gasteiger partial charge in [-0.1, -0.05) is 12.1 Å². The normalized spacial score (nSPS) is 10.2. The van der Waals surface area contributed by atoms with Crippen LogP contribution in [0, 0.1) is 11.3 Å². The predicted octanol–water partition coefficient (Wildman–Crippen LogP) is 0.582. The van der Waals surface area contributed by atoms with Gasteiger partial charge in [-0.15, -0.1) is 0 Å². The van der Waals surface area contributed by atoms with Crippen molar-refractivity contribution in [1.29, 1.82) is 5.26 Å². The van der Waals surface area contributed by atoms with Crippen molar-refractivity contribution in [3.8, 4) is 6.07 Å². The molecule has 0 unspecified atom stereocenters.